The van der Waals surface area contributed by atoms with Gasteiger partial charge >= 0.3 is 0 Å². The lowest BCUT2D eigenvalue weighted by Gasteiger charge is -2.27. The fourth-order valence-corrected chi connectivity index (χ4v) is 3.16. The number of benzene rings is 1. The molecule has 0 aromatic heterocycles. The van der Waals surface area contributed by atoms with Crippen molar-refractivity contribution in [2.24, 2.45) is 0 Å². The number of rotatable bonds is 2. The highest BCUT2D eigenvalue weighted by Gasteiger charge is 2.27. The molecule has 2 aliphatic rings. The van der Waals surface area contributed by atoms with E-state index in [1.54, 1.807) is 12.1 Å². The first-order valence-electron chi connectivity index (χ1n) is 7.28. The van der Waals surface area contributed by atoms with Crippen molar-refractivity contribution in [3.8, 4) is 0 Å². The molecule has 1 aromatic rings. The number of hydrogen-bond donors (Lipinski definition) is 1. The van der Waals surface area contributed by atoms with Crippen LogP contribution in [0.4, 0.5) is 10.1 Å². The Balaban J connectivity index is 0.00000110. The minimum atomic E-state index is -0.155. The molecule has 3 rings (SSSR count). The lowest BCUT2D eigenvalue weighted by molar-refractivity contribution is 0.224. The molecule has 2 saturated heterocycles. The van der Waals surface area contributed by atoms with Gasteiger partial charge in [-0.2, -0.15) is 0 Å². The van der Waals surface area contributed by atoms with Gasteiger partial charge in [0.2, 0.25) is 0 Å². The summed E-state index contributed by atoms with van der Waals surface area (Å²) in [5.74, 6) is -0.155. The van der Waals surface area contributed by atoms with E-state index in [2.05, 4.69) is 15.1 Å². The van der Waals surface area contributed by atoms with Gasteiger partial charge in [-0.15, -0.1) is 24.8 Å². The first-order chi connectivity index (χ1) is 9.33. The van der Waals surface area contributed by atoms with E-state index in [0.29, 0.717) is 6.04 Å². The summed E-state index contributed by atoms with van der Waals surface area (Å²) in [6.45, 7) is 6.76. The summed E-state index contributed by atoms with van der Waals surface area (Å²) in [5.41, 5.74) is 1.15. The van der Waals surface area contributed by atoms with Gasteiger partial charge < -0.3 is 10.2 Å². The molecule has 2 fully saturated rings. The van der Waals surface area contributed by atoms with Crippen molar-refractivity contribution in [3.63, 3.8) is 0 Å². The smallest absolute Gasteiger partial charge is 0.123 e. The average Bonchev–Trinajstić information content (AvgIpc) is 2.76. The maximum absolute atomic E-state index is 13.0. The van der Waals surface area contributed by atoms with Gasteiger partial charge in [0, 0.05) is 37.9 Å². The largest absolute Gasteiger partial charge is 0.370 e. The summed E-state index contributed by atoms with van der Waals surface area (Å²) in [6, 6.07) is 7.55. The molecule has 2 aliphatic heterocycles. The van der Waals surface area contributed by atoms with Crippen LogP contribution in [0.3, 0.4) is 0 Å². The van der Waals surface area contributed by atoms with Crippen LogP contribution in [0.5, 0.6) is 0 Å². The molecular formula is C15H24Cl2FN3. The van der Waals surface area contributed by atoms with Gasteiger partial charge in [0.25, 0.3) is 0 Å². The first-order valence-corrected chi connectivity index (χ1v) is 7.28. The van der Waals surface area contributed by atoms with Crippen molar-refractivity contribution in [1.82, 2.24) is 10.2 Å². The second kappa shape index (κ2) is 8.79. The summed E-state index contributed by atoms with van der Waals surface area (Å²) in [5, 5.41) is 3.45. The minimum absolute atomic E-state index is 0. The average molecular weight is 336 g/mol. The zero-order chi connectivity index (χ0) is 13.1. The highest BCUT2D eigenvalue weighted by molar-refractivity contribution is 5.85. The van der Waals surface area contributed by atoms with Crippen molar-refractivity contribution in [3.05, 3.63) is 30.1 Å². The fourth-order valence-electron chi connectivity index (χ4n) is 3.16. The highest BCUT2D eigenvalue weighted by atomic mass is 35.5. The summed E-state index contributed by atoms with van der Waals surface area (Å²) >= 11 is 0. The normalized spacial score (nSPS) is 23.1. The standard InChI is InChI=1S/C15H22FN3.2ClH/c16-13-2-4-14(5-3-13)19-10-6-15(12-19)18-9-1-7-17-8-11-18;;/h2-5,15,17H,1,6-12H2;2*1H. The third-order valence-electron chi connectivity index (χ3n) is 4.25. The third-order valence-corrected chi connectivity index (χ3v) is 4.25. The Labute approximate surface area is 138 Å². The Morgan fingerprint density at radius 2 is 1.76 bits per heavy atom. The number of nitrogens with zero attached hydrogens (tertiary/aromatic N) is 2. The van der Waals surface area contributed by atoms with Crippen molar-refractivity contribution in [2.45, 2.75) is 18.9 Å². The zero-order valence-corrected chi connectivity index (χ0v) is 13.8. The van der Waals surface area contributed by atoms with Gasteiger partial charge in [0.05, 0.1) is 0 Å². The predicted octanol–water partition coefficient (Wildman–Crippen LogP) is 2.54. The molecule has 0 amide bonds. The van der Waals surface area contributed by atoms with Gasteiger partial charge in [-0.25, -0.2) is 4.39 Å². The molecule has 0 radical (unpaired) electrons. The van der Waals surface area contributed by atoms with E-state index in [9.17, 15) is 4.39 Å². The molecule has 0 saturated carbocycles. The third kappa shape index (κ3) is 4.71. The second-order valence-electron chi connectivity index (χ2n) is 5.50. The minimum Gasteiger partial charge on any atom is -0.370 e. The summed E-state index contributed by atoms with van der Waals surface area (Å²) in [7, 11) is 0. The van der Waals surface area contributed by atoms with Crippen LogP contribution in [0.25, 0.3) is 0 Å². The molecule has 120 valence electrons. The Bertz CT molecular complexity index is 408. The second-order valence-corrected chi connectivity index (χ2v) is 5.50. The number of hydrogen-bond acceptors (Lipinski definition) is 3. The van der Waals surface area contributed by atoms with Crippen molar-refractivity contribution < 1.29 is 4.39 Å². The quantitative estimate of drug-likeness (QED) is 0.895. The lowest BCUT2D eigenvalue weighted by Crippen LogP contribution is -2.39. The Kier molecular flexibility index (Phi) is 7.74. The van der Waals surface area contributed by atoms with Crippen LogP contribution < -0.4 is 10.2 Å². The van der Waals surface area contributed by atoms with Gasteiger partial charge in [-0.1, -0.05) is 0 Å². The predicted molar refractivity (Wildman–Crippen MR) is 90.6 cm³/mol. The van der Waals surface area contributed by atoms with Crippen molar-refractivity contribution in [1.29, 1.82) is 0 Å². The monoisotopic (exact) mass is 335 g/mol. The molecule has 3 nitrogen and oxygen atoms in total. The lowest BCUT2D eigenvalue weighted by atomic mass is 10.2. The summed E-state index contributed by atoms with van der Waals surface area (Å²) in [4.78, 5) is 4.99. The van der Waals surface area contributed by atoms with Crippen LogP contribution in [-0.2, 0) is 0 Å². The van der Waals surface area contributed by atoms with E-state index in [1.165, 1.54) is 19.4 Å². The van der Waals surface area contributed by atoms with Crippen LogP contribution in [0, 0.1) is 5.82 Å². The summed E-state index contributed by atoms with van der Waals surface area (Å²) in [6.07, 6.45) is 2.46. The molecule has 1 unspecified atom stereocenters. The molecular weight excluding hydrogens is 312 g/mol. The maximum atomic E-state index is 13.0. The SMILES string of the molecule is Cl.Cl.Fc1ccc(N2CCC(N3CCCNCC3)C2)cc1. The number of nitrogens with one attached hydrogen (secondary N) is 1. The summed E-state index contributed by atoms with van der Waals surface area (Å²) < 4.78 is 13.0. The number of anilines is 1. The van der Waals surface area contributed by atoms with E-state index in [0.717, 1.165) is 38.4 Å². The molecule has 2 heterocycles. The van der Waals surface area contributed by atoms with Gasteiger partial charge in [0.1, 0.15) is 5.82 Å². The van der Waals surface area contributed by atoms with Crippen LogP contribution in [0.15, 0.2) is 24.3 Å². The van der Waals surface area contributed by atoms with E-state index >= 15 is 0 Å². The van der Waals surface area contributed by atoms with E-state index in [-0.39, 0.29) is 30.6 Å². The van der Waals surface area contributed by atoms with Gasteiger partial charge in [-0.3, -0.25) is 4.90 Å². The van der Waals surface area contributed by atoms with Gasteiger partial charge in [0.15, 0.2) is 0 Å². The molecule has 21 heavy (non-hydrogen) atoms. The van der Waals surface area contributed by atoms with E-state index in [4.69, 9.17) is 0 Å². The molecule has 1 atom stereocenters. The van der Waals surface area contributed by atoms with E-state index < -0.39 is 0 Å². The topological polar surface area (TPSA) is 18.5 Å². The van der Waals surface area contributed by atoms with Crippen LogP contribution in [0.1, 0.15) is 12.8 Å². The Hall–Kier alpha value is -0.550. The van der Waals surface area contributed by atoms with Crippen molar-refractivity contribution in [2.75, 3.05) is 44.2 Å². The molecule has 0 bridgehead atoms. The molecule has 6 heteroatoms. The fraction of sp³-hybridized carbons (Fsp3) is 0.600. The Morgan fingerprint density at radius 1 is 1.00 bits per heavy atom. The maximum Gasteiger partial charge on any atom is 0.123 e. The van der Waals surface area contributed by atoms with Gasteiger partial charge in [-0.05, 0) is 50.2 Å². The Morgan fingerprint density at radius 3 is 2.52 bits per heavy atom. The van der Waals surface area contributed by atoms with E-state index in [1.807, 2.05) is 12.1 Å². The zero-order valence-electron chi connectivity index (χ0n) is 12.1. The molecule has 1 N–H and O–H groups in total. The van der Waals surface area contributed by atoms with Crippen molar-refractivity contribution >= 4 is 30.5 Å². The molecule has 0 aliphatic carbocycles. The van der Waals surface area contributed by atoms with Crippen LogP contribution in [0.2, 0.25) is 0 Å². The van der Waals surface area contributed by atoms with Crippen LogP contribution >= 0.6 is 24.8 Å². The molecule has 0 spiro atoms. The van der Waals surface area contributed by atoms with Crippen LogP contribution in [-0.4, -0.2) is 50.2 Å². The molecule has 1 aromatic carbocycles. The highest BCUT2D eigenvalue weighted by Crippen LogP contribution is 2.23. The first kappa shape index (κ1) is 18.5. The number of halogens is 3.